The van der Waals surface area contributed by atoms with Gasteiger partial charge < -0.3 is 10.2 Å². The summed E-state index contributed by atoms with van der Waals surface area (Å²) in [6.45, 7) is 3.96. The second-order valence-corrected chi connectivity index (χ2v) is 7.23. The van der Waals surface area contributed by atoms with Gasteiger partial charge >= 0.3 is 0 Å². The molecule has 144 valence electrons. The number of hydrogen-bond donors (Lipinski definition) is 1. The van der Waals surface area contributed by atoms with Gasteiger partial charge in [-0.05, 0) is 62.6 Å². The molecule has 0 bridgehead atoms. The quantitative estimate of drug-likeness (QED) is 0.756. The Morgan fingerprint density at radius 2 is 1.75 bits per heavy atom. The van der Waals surface area contributed by atoms with Crippen LogP contribution in [-0.2, 0) is 4.79 Å². The molecule has 28 heavy (non-hydrogen) atoms. The number of anilines is 2. The predicted molar refractivity (Wildman–Crippen MR) is 112 cm³/mol. The molecule has 0 saturated carbocycles. The van der Waals surface area contributed by atoms with Crippen LogP contribution in [0.4, 0.5) is 11.4 Å². The summed E-state index contributed by atoms with van der Waals surface area (Å²) in [5, 5.41) is 7.69. The Morgan fingerprint density at radius 1 is 1.04 bits per heavy atom. The molecular formula is C22H24N4O2. The van der Waals surface area contributed by atoms with Gasteiger partial charge in [0.05, 0.1) is 11.7 Å². The van der Waals surface area contributed by atoms with Crippen LogP contribution in [0.15, 0.2) is 59.5 Å². The van der Waals surface area contributed by atoms with E-state index < -0.39 is 6.04 Å². The number of carbonyl (C=O) groups excluding carboxylic acids is 1. The number of benzene rings is 2. The zero-order valence-electron chi connectivity index (χ0n) is 16.0. The molecule has 3 aromatic rings. The normalized spacial score (nSPS) is 15.4. The van der Waals surface area contributed by atoms with Crippen molar-refractivity contribution in [2.24, 2.45) is 0 Å². The molecule has 6 heteroatoms. The first-order valence-corrected chi connectivity index (χ1v) is 9.76. The maximum Gasteiger partial charge on any atom is 0.248 e. The maximum absolute atomic E-state index is 12.8. The van der Waals surface area contributed by atoms with Gasteiger partial charge in [0, 0.05) is 29.9 Å². The summed E-state index contributed by atoms with van der Waals surface area (Å²) in [6.07, 6.45) is 5.03. The zero-order valence-corrected chi connectivity index (χ0v) is 16.0. The first-order chi connectivity index (χ1) is 13.6. The third-order valence-corrected chi connectivity index (χ3v) is 5.32. The van der Waals surface area contributed by atoms with E-state index in [9.17, 15) is 9.59 Å². The second kappa shape index (κ2) is 7.84. The van der Waals surface area contributed by atoms with Crippen molar-refractivity contribution in [1.82, 2.24) is 9.78 Å². The fourth-order valence-corrected chi connectivity index (χ4v) is 3.70. The lowest BCUT2D eigenvalue weighted by atomic mass is 10.1. The molecule has 1 saturated heterocycles. The monoisotopic (exact) mass is 376 g/mol. The zero-order chi connectivity index (χ0) is 19.5. The van der Waals surface area contributed by atoms with Crippen LogP contribution in [0, 0.1) is 0 Å². The van der Waals surface area contributed by atoms with Crippen LogP contribution in [0.25, 0.3) is 10.9 Å². The van der Waals surface area contributed by atoms with E-state index in [-0.39, 0.29) is 11.3 Å². The Balaban J connectivity index is 1.51. The predicted octanol–water partition coefficient (Wildman–Crippen LogP) is 3.59. The van der Waals surface area contributed by atoms with E-state index in [0.717, 1.165) is 18.8 Å². The third-order valence-electron chi connectivity index (χ3n) is 5.32. The van der Waals surface area contributed by atoms with Gasteiger partial charge in [-0.25, -0.2) is 0 Å². The van der Waals surface area contributed by atoms with Crippen molar-refractivity contribution in [3.63, 3.8) is 0 Å². The average Bonchev–Trinajstić information content (AvgIpc) is 2.75. The number of para-hydroxylation sites is 1. The molecule has 1 N–H and O–H groups in total. The van der Waals surface area contributed by atoms with Crippen LogP contribution < -0.4 is 15.6 Å². The molecule has 6 nitrogen and oxygen atoms in total. The van der Waals surface area contributed by atoms with Gasteiger partial charge in [-0.3, -0.25) is 14.3 Å². The van der Waals surface area contributed by atoms with Crippen molar-refractivity contribution < 1.29 is 4.79 Å². The number of amides is 1. The first-order valence-electron chi connectivity index (χ1n) is 9.76. The Morgan fingerprint density at radius 3 is 2.50 bits per heavy atom. The molecule has 0 radical (unpaired) electrons. The molecular weight excluding hydrogens is 352 g/mol. The maximum atomic E-state index is 12.8. The Hall–Kier alpha value is -3.15. The highest BCUT2D eigenvalue weighted by Gasteiger charge is 2.18. The van der Waals surface area contributed by atoms with Gasteiger partial charge in [0.1, 0.15) is 6.04 Å². The molecule has 1 aromatic heterocycles. The molecule has 1 fully saturated rings. The topological polar surface area (TPSA) is 67.2 Å². The van der Waals surface area contributed by atoms with Crippen LogP contribution >= 0.6 is 0 Å². The van der Waals surface area contributed by atoms with Gasteiger partial charge in [0.15, 0.2) is 0 Å². The van der Waals surface area contributed by atoms with Crippen molar-refractivity contribution in [3.8, 4) is 0 Å². The minimum absolute atomic E-state index is 0.146. The number of hydrogen-bond acceptors (Lipinski definition) is 4. The van der Waals surface area contributed by atoms with E-state index in [1.165, 1.54) is 31.1 Å². The van der Waals surface area contributed by atoms with Crippen molar-refractivity contribution in [2.45, 2.75) is 32.2 Å². The minimum atomic E-state index is -0.549. The van der Waals surface area contributed by atoms with E-state index in [4.69, 9.17) is 0 Å². The molecule has 0 unspecified atom stereocenters. The van der Waals surface area contributed by atoms with E-state index in [0.29, 0.717) is 10.9 Å². The smallest absolute Gasteiger partial charge is 0.248 e. The number of carbonyl (C=O) groups is 1. The first kappa shape index (κ1) is 18.2. The van der Waals surface area contributed by atoms with Crippen LogP contribution in [0.5, 0.6) is 0 Å². The molecule has 1 amide bonds. The molecule has 0 aliphatic carbocycles. The number of nitrogens with one attached hydrogen (secondary N) is 1. The average molecular weight is 376 g/mol. The highest BCUT2D eigenvalue weighted by molar-refractivity contribution is 5.94. The lowest BCUT2D eigenvalue weighted by Crippen LogP contribution is -2.29. The Kier molecular flexibility index (Phi) is 5.10. The molecule has 1 aliphatic heterocycles. The molecule has 1 aliphatic rings. The van der Waals surface area contributed by atoms with Gasteiger partial charge in [0.25, 0.3) is 0 Å². The summed E-state index contributed by atoms with van der Waals surface area (Å²) < 4.78 is 1.59. The number of fused-ring (bicyclic) bond motifs is 1. The van der Waals surface area contributed by atoms with Gasteiger partial charge in [0.2, 0.25) is 11.3 Å². The highest BCUT2D eigenvalue weighted by atomic mass is 16.2. The van der Waals surface area contributed by atoms with E-state index in [1.807, 2.05) is 24.3 Å². The molecule has 0 spiro atoms. The van der Waals surface area contributed by atoms with Gasteiger partial charge in [-0.1, -0.05) is 12.1 Å². The van der Waals surface area contributed by atoms with Crippen LogP contribution in [-0.4, -0.2) is 28.8 Å². The summed E-state index contributed by atoms with van der Waals surface area (Å²) in [5.74, 6) is -0.174. The summed E-state index contributed by atoms with van der Waals surface area (Å²) >= 11 is 0. The van der Waals surface area contributed by atoms with Crippen molar-refractivity contribution in [3.05, 3.63) is 65.0 Å². The molecule has 1 atom stereocenters. The lowest BCUT2D eigenvalue weighted by molar-refractivity contribution is -0.119. The Bertz CT molecular complexity index is 1040. The molecule has 2 aromatic carbocycles. The van der Waals surface area contributed by atoms with Crippen LogP contribution in [0.1, 0.15) is 32.2 Å². The lowest BCUT2D eigenvalue weighted by Gasteiger charge is -2.28. The summed E-state index contributed by atoms with van der Waals surface area (Å²) in [7, 11) is 0. The largest absolute Gasteiger partial charge is 0.372 e. The van der Waals surface area contributed by atoms with E-state index >= 15 is 0 Å². The number of rotatable bonds is 4. The van der Waals surface area contributed by atoms with Gasteiger partial charge in [-0.2, -0.15) is 5.10 Å². The van der Waals surface area contributed by atoms with Crippen molar-refractivity contribution in [1.29, 1.82) is 0 Å². The summed E-state index contributed by atoms with van der Waals surface area (Å²) in [4.78, 5) is 27.1. The number of nitrogens with zero attached hydrogens (tertiary/aromatic N) is 3. The van der Waals surface area contributed by atoms with Gasteiger partial charge in [-0.15, -0.1) is 0 Å². The molecule has 4 rings (SSSR count). The highest BCUT2D eigenvalue weighted by Crippen LogP contribution is 2.22. The Labute approximate surface area is 163 Å². The summed E-state index contributed by atoms with van der Waals surface area (Å²) in [5.41, 5.74) is 2.45. The number of piperidine rings is 1. The minimum Gasteiger partial charge on any atom is -0.372 e. The fourth-order valence-electron chi connectivity index (χ4n) is 3.70. The van der Waals surface area contributed by atoms with E-state index in [2.05, 4.69) is 27.4 Å². The van der Waals surface area contributed by atoms with Crippen molar-refractivity contribution >= 4 is 28.2 Å². The summed E-state index contributed by atoms with van der Waals surface area (Å²) in [6, 6.07) is 14.6. The van der Waals surface area contributed by atoms with Crippen LogP contribution in [0.2, 0.25) is 0 Å². The fraction of sp³-hybridized carbons (Fsp3) is 0.318. The SMILES string of the molecule is C[C@@H](C(=O)Nc1ccc(N2CCCCC2)cc1)n1ncc(=O)c2ccccc21. The van der Waals surface area contributed by atoms with Crippen molar-refractivity contribution in [2.75, 3.05) is 23.3 Å². The van der Waals surface area contributed by atoms with E-state index in [1.54, 1.807) is 23.7 Å². The number of aromatic nitrogens is 2. The van der Waals surface area contributed by atoms with Crippen LogP contribution in [0.3, 0.4) is 0 Å². The third kappa shape index (κ3) is 3.63. The second-order valence-electron chi connectivity index (χ2n) is 7.23. The molecule has 2 heterocycles. The standard InChI is InChI=1S/C22H24N4O2/c1-16(26-20-8-4-3-7-19(20)21(27)15-23-26)22(28)24-17-9-11-18(12-10-17)25-13-5-2-6-14-25/h3-4,7-12,15-16H,2,5-6,13-14H2,1H3,(H,24,28)/t16-/m0/s1.